The van der Waals surface area contributed by atoms with Crippen molar-refractivity contribution < 1.29 is 9.13 Å². The molecule has 90 valence electrons. The van der Waals surface area contributed by atoms with Crippen LogP contribution in [0.1, 0.15) is 38.3 Å². The number of hydrogen-bond acceptors (Lipinski definition) is 2. The van der Waals surface area contributed by atoms with Gasteiger partial charge in [0.15, 0.2) is 0 Å². The molecule has 0 fully saturated rings. The number of benzene rings is 1. The van der Waals surface area contributed by atoms with Crippen molar-refractivity contribution in [2.75, 3.05) is 7.11 Å². The van der Waals surface area contributed by atoms with Crippen LogP contribution < -0.4 is 10.5 Å². The molecule has 0 saturated carbocycles. The molecule has 1 atom stereocenters. The Balaban J connectivity index is 2.71. The van der Waals surface area contributed by atoms with Crippen molar-refractivity contribution in [3.63, 3.8) is 0 Å². The van der Waals surface area contributed by atoms with Crippen LogP contribution in [0.15, 0.2) is 18.2 Å². The highest BCUT2D eigenvalue weighted by Crippen LogP contribution is 2.24. The Morgan fingerprint density at radius 3 is 2.50 bits per heavy atom. The van der Waals surface area contributed by atoms with Gasteiger partial charge in [0.2, 0.25) is 0 Å². The zero-order chi connectivity index (χ0) is 12.1. The van der Waals surface area contributed by atoms with Gasteiger partial charge in [-0.05, 0) is 24.8 Å². The molecule has 0 amide bonds. The Morgan fingerprint density at radius 2 is 2.00 bits per heavy atom. The van der Waals surface area contributed by atoms with Crippen molar-refractivity contribution in [2.45, 2.75) is 32.7 Å². The Hall–Kier alpha value is -1.09. The van der Waals surface area contributed by atoms with Gasteiger partial charge in [0.1, 0.15) is 11.6 Å². The second-order valence-corrected chi connectivity index (χ2v) is 4.47. The third-order valence-corrected chi connectivity index (χ3v) is 2.66. The maximum Gasteiger partial charge on any atom is 0.131 e. The summed E-state index contributed by atoms with van der Waals surface area (Å²) < 4.78 is 18.6. The molecule has 0 heterocycles. The van der Waals surface area contributed by atoms with E-state index in [1.54, 1.807) is 12.1 Å². The summed E-state index contributed by atoms with van der Waals surface area (Å²) in [6.07, 6.45) is 1.81. The summed E-state index contributed by atoms with van der Waals surface area (Å²) in [7, 11) is 1.52. The summed E-state index contributed by atoms with van der Waals surface area (Å²) in [5, 5.41) is 0. The fourth-order valence-corrected chi connectivity index (χ4v) is 1.60. The smallest absolute Gasteiger partial charge is 0.131 e. The molecule has 0 aliphatic rings. The van der Waals surface area contributed by atoms with Crippen molar-refractivity contribution in [2.24, 2.45) is 11.7 Å². The van der Waals surface area contributed by atoms with E-state index < -0.39 is 0 Å². The van der Waals surface area contributed by atoms with Crippen LogP contribution in [0.3, 0.4) is 0 Å². The lowest BCUT2D eigenvalue weighted by Crippen LogP contribution is -2.13. The normalized spacial score (nSPS) is 12.9. The molecule has 1 rings (SSSR count). The van der Waals surface area contributed by atoms with Crippen molar-refractivity contribution in [3.8, 4) is 5.75 Å². The molecule has 0 spiro atoms. The summed E-state index contributed by atoms with van der Waals surface area (Å²) in [6, 6.07) is 4.60. The van der Waals surface area contributed by atoms with E-state index in [2.05, 4.69) is 13.8 Å². The summed E-state index contributed by atoms with van der Waals surface area (Å²) in [5.41, 5.74) is 6.53. The van der Waals surface area contributed by atoms with E-state index in [4.69, 9.17) is 10.5 Å². The number of hydrogen-bond donors (Lipinski definition) is 1. The first-order chi connectivity index (χ1) is 7.54. The van der Waals surface area contributed by atoms with E-state index in [1.807, 2.05) is 0 Å². The first kappa shape index (κ1) is 13.0. The fourth-order valence-electron chi connectivity index (χ4n) is 1.60. The summed E-state index contributed by atoms with van der Waals surface area (Å²) in [4.78, 5) is 0. The van der Waals surface area contributed by atoms with Crippen LogP contribution in [0, 0.1) is 11.7 Å². The first-order valence-corrected chi connectivity index (χ1v) is 5.63. The molecule has 1 aromatic rings. The van der Waals surface area contributed by atoms with Gasteiger partial charge in [0.25, 0.3) is 0 Å². The SMILES string of the molecule is COc1ccc(C(N)CCC(C)C)c(F)c1. The van der Waals surface area contributed by atoms with Crippen LogP contribution in [-0.2, 0) is 0 Å². The Bertz CT molecular complexity index is 339. The highest BCUT2D eigenvalue weighted by atomic mass is 19.1. The van der Waals surface area contributed by atoms with Crippen LogP contribution >= 0.6 is 0 Å². The average Bonchev–Trinajstić information content (AvgIpc) is 2.25. The van der Waals surface area contributed by atoms with E-state index in [-0.39, 0.29) is 11.9 Å². The minimum absolute atomic E-state index is 0.228. The van der Waals surface area contributed by atoms with Gasteiger partial charge in [-0.1, -0.05) is 19.9 Å². The van der Waals surface area contributed by atoms with Gasteiger partial charge in [0.05, 0.1) is 7.11 Å². The van der Waals surface area contributed by atoms with E-state index >= 15 is 0 Å². The molecule has 0 saturated heterocycles. The van der Waals surface area contributed by atoms with E-state index in [0.29, 0.717) is 17.2 Å². The predicted octanol–water partition coefficient (Wildman–Crippen LogP) is 3.27. The maximum absolute atomic E-state index is 13.7. The van der Waals surface area contributed by atoms with Gasteiger partial charge in [-0.2, -0.15) is 0 Å². The predicted molar refractivity (Wildman–Crippen MR) is 64.0 cm³/mol. The van der Waals surface area contributed by atoms with Crippen molar-refractivity contribution in [3.05, 3.63) is 29.6 Å². The van der Waals surface area contributed by atoms with Gasteiger partial charge in [-0.3, -0.25) is 0 Å². The van der Waals surface area contributed by atoms with Crippen LogP contribution in [0.2, 0.25) is 0 Å². The molecule has 1 unspecified atom stereocenters. The monoisotopic (exact) mass is 225 g/mol. The van der Waals surface area contributed by atoms with E-state index in [9.17, 15) is 4.39 Å². The molecule has 3 heteroatoms. The average molecular weight is 225 g/mol. The van der Waals surface area contributed by atoms with Crippen molar-refractivity contribution in [1.29, 1.82) is 0 Å². The Kier molecular flexibility index (Phi) is 4.74. The number of rotatable bonds is 5. The highest BCUT2D eigenvalue weighted by Gasteiger charge is 2.12. The minimum atomic E-state index is -0.282. The van der Waals surface area contributed by atoms with Crippen molar-refractivity contribution in [1.82, 2.24) is 0 Å². The number of halogens is 1. The maximum atomic E-state index is 13.7. The van der Waals surface area contributed by atoms with Gasteiger partial charge in [-0.25, -0.2) is 4.39 Å². The number of ether oxygens (including phenoxy) is 1. The van der Waals surface area contributed by atoms with Crippen molar-refractivity contribution >= 4 is 0 Å². The van der Waals surface area contributed by atoms with Gasteiger partial charge >= 0.3 is 0 Å². The summed E-state index contributed by atoms with van der Waals surface area (Å²) >= 11 is 0. The van der Waals surface area contributed by atoms with Crippen LogP contribution in [0.4, 0.5) is 4.39 Å². The lowest BCUT2D eigenvalue weighted by Gasteiger charge is -2.14. The van der Waals surface area contributed by atoms with E-state index in [0.717, 1.165) is 12.8 Å². The van der Waals surface area contributed by atoms with Gasteiger partial charge < -0.3 is 10.5 Å². The quantitative estimate of drug-likeness (QED) is 0.834. The first-order valence-electron chi connectivity index (χ1n) is 5.63. The molecule has 2 nitrogen and oxygen atoms in total. The van der Waals surface area contributed by atoms with Gasteiger partial charge in [-0.15, -0.1) is 0 Å². The third kappa shape index (κ3) is 3.49. The summed E-state index contributed by atoms with van der Waals surface area (Å²) in [5.74, 6) is 0.834. The largest absolute Gasteiger partial charge is 0.497 e. The third-order valence-electron chi connectivity index (χ3n) is 2.66. The van der Waals surface area contributed by atoms with E-state index in [1.165, 1.54) is 13.2 Å². The molecule has 2 N–H and O–H groups in total. The molecule has 0 radical (unpaired) electrons. The molecule has 1 aromatic carbocycles. The second kappa shape index (κ2) is 5.85. The molecule has 0 bridgehead atoms. The molecular formula is C13H20FNO. The van der Waals surface area contributed by atoms with Gasteiger partial charge in [0, 0.05) is 17.7 Å². The Labute approximate surface area is 96.6 Å². The lowest BCUT2D eigenvalue weighted by atomic mass is 9.98. The molecule has 0 aliphatic heterocycles. The standard InChI is InChI=1S/C13H20FNO/c1-9(2)4-7-13(15)11-6-5-10(16-3)8-12(11)14/h5-6,8-9,13H,4,7,15H2,1-3H3. The molecule has 0 aromatic heterocycles. The molecular weight excluding hydrogens is 205 g/mol. The summed E-state index contributed by atoms with van der Waals surface area (Å²) in [6.45, 7) is 4.27. The van der Waals surface area contributed by atoms with Crippen LogP contribution in [0.25, 0.3) is 0 Å². The lowest BCUT2D eigenvalue weighted by molar-refractivity contribution is 0.409. The zero-order valence-corrected chi connectivity index (χ0v) is 10.2. The number of nitrogens with two attached hydrogens (primary N) is 1. The zero-order valence-electron chi connectivity index (χ0n) is 10.2. The Morgan fingerprint density at radius 1 is 1.31 bits per heavy atom. The topological polar surface area (TPSA) is 35.2 Å². The highest BCUT2D eigenvalue weighted by molar-refractivity contribution is 5.30. The molecule has 16 heavy (non-hydrogen) atoms. The second-order valence-electron chi connectivity index (χ2n) is 4.47. The van der Waals surface area contributed by atoms with Crippen LogP contribution in [0.5, 0.6) is 5.75 Å². The minimum Gasteiger partial charge on any atom is -0.497 e. The molecule has 0 aliphatic carbocycles. The number of methoxy groups -OCH3 is 1. The van der Waals surface area contributed by atoms with Crippen LogP contribution in [-0.4, -0.2) is 7.11 Å². The fraction of sp³-hybridized carbons (Fsp3) is 0.538.